The van der Waals surface area contributed by atoms with Gasteiger partial charge in [0.25, 0.3) is 5.69 Å². The largest absolute Gasteiger partial charge is 0.383 e. The lowest BCUT2D eigenvalue weighted by molar-refractivity contribution is -0.384. The van der Waals surface area contributed by atoms with E-state index < -0.39 is 4.92 Å². The van der Waals surface area contributed by atoms with Crippen LogP contribution >= 0.6 is 11.6 Å². The van der Waals surface area contributed by atoms with Gasteiger partial charge in [-0.05, 0) is 37.6 Å². The molecule has 3 N–H and O–H groups in total. The molecule has 1 aromatic carbocycles. The highest BCUT2D eigenvalue weighted by atomic mass is 35.5. The Morgan fingerprint density at radius 1 is 1.37 bits per heavy atom. The van der Waals surface area contributed by atoms with E-state index >= 15 is 0 Å². The molecule has 0 amide bonds. The first-order chi connectivity index (χ1) is 14.6. The number of halogens is 1. The van der Waals surface area contributed by atoms with E-state index in [-0.39, 0.29) is 11.7 Å². The predicted molar refractivity (Wildman–Crippen MR) is 121 cm³/mol. The van der Waals surface area contributed by atoms with Crippen molar-refractivity contribution in [1.82, 2.24) is 15.6 Å². The van der Waals surface area contributed by atoms with Gasteiger partial charge in [0.2, 0.25) is 0 Å². The number of aromatic nitrogens is 1. The maximum Gasteiger partial charge on any atom is 0.269 e. The van der Waals surface area contributed by atoms with Crippen molar-refractivity contribution in [2.45, 2.75) is 19.4 Å². The highest BCUT2D eigenvalue weighted by Crippen LogP contribution is 2.25. The summed E-state index contributed by atoms with van der Waals surface area (Å²) in [7, 11) is 0. The number of benzene rings is 1. The van der Waals surface area contributed by atoms with Crippen LogP contribution in [-0.2, 0) is 0 Å². The van der Waals surface area contributed by atoms with Crippen LogP contribution in [0.3, 0.4) is 0 Å². The second-order valence-electron chi connectivity index (χ2n) is 6.88. The molecule has 1 aliphatic rings. The molecular formula is C20H26ClN7O2. The first kappa shape index (κ1) is 21.6. The van der Waals surface area contributed by atoms with Crippen LogP contribution in [0.15, 0.2) is 47.6 Å². The zero-order chi connectivity index (χ0) is 21.3. The lowest BCUT2D eigenvalue weighted by Gasteiger charge is -2.20. The molecule has 160 valence electrons. The number of hydrogen-bond acceptors (Lipinski definition) is 6. The van der Waals surface area contributed by atoms with Gasteiger partial charge in [-0.1, -0.05) is 11.6 Å². The zero-order valence-electron chi connectivity index (χ0n) is 16.8. The molecule has 2 heterocycles. The first-order valence-corrected chi connectivity index (χ1v) is 10.3. The van der Waals surface area contributed by atoms with E-state index in [9.17, 15) is 10.1 Å². The lowest BCUT2D eigenvalue weighted by Crippen LogP contribution is -2.44. The molecule has 0 aliphatic carbocycles. The van der Waals surface area contributed by atoms with Gasteiger partial charge in [0, 0.05) is 56.2 Å². The van der Waals surface area contributed by atoms with Crippen molar-refractivity contribution < 1.29 is 4.92 Å². The Balaban J connectivity index is 1.48. The second kappa shape index (κ2) is 10.6. The van der Waals surface area contributed by atoms with Gasteiger partial charge in [-0.15, -0.1) is 0 Å². The Labute approximate surface area is 180 Å². The maximum absolute atomic E-state index is 10.7. The van der Waals surface area contributed by atoms with Crippen LogP contribution in [-0.4, -0.2) is 54.6 Å². The number of hydrogen-bond donors (Lipinski definition) is 3. The highest BCUT2D eigenvalue weighted by molar-refractivity contribution is 6.32. The standard InChI is InChI=1S/C20H26ClN7O2/c1-2-22-20(25-12-11-23-15-5-7-17(8-6-15)28(29)30)26-16-9-13-27(14-16)19-18(21)4-3-10-24-19/h3-8,10,16,23H,2,9,11-14H2,1H3,(H2,22,25,26). The third-order valence-corrected chi connectivity index (χ3v) is 5.00. The number of anilines is 2. The van der Waals surface area contributed by atoms with E-state index in [4.69, 9.17) is 11.6 Å². The zero-order valence-corrected chi connectivity index (χ0v) is 17.6. The molecule has 1 unspecified atom stereocenters. The Bertz CT molecular complexity index is 876. The number of aliphatic imine (C=N–C) groups is 1. The predicted octanol–water partition coefficient (Wildman–Crippen LogP) is 2.89. The minimum atomic E-state index is -0.408. The van der Waals surface area contributed by atoms with Crippen LogP contribution in [0.1, 0.15) is 13.3 Å². The van der Waals surface area contributed by atoms with E-state index in [1.807, 2.05) is 19.1 Å². The van der Waals surface area contributed by atoms with Gasteiger partial charge in [-0.3, -0.25) is 15.1 Å². The quantitative estimate of drug-likeness (QED) is 0.194. The second-order valence-corrected chi connectivity index (χ2v) is 7.28. The van der Waals surface area contributed by atoms with Crippen LogP contribution in [0.25, 0.3) is 0 Å². The van der Waals surface area contributed by atoms with E-state index in [1.165, 1.54) is 12.1 Å². The Hall–Kier alpha value is -3.07. The Morgan fingerprint density at radius 2 is 2.17 bits per heavy atom. The number of non-ortho nitro benzene ring substituents is 1. The fourth-order valence-corrected chi connectivity index (χ4v) is 3.50. The van der Waals surface area contributed by atoms with Gasteiger partial charge in [0.05, 0.1) is 16.5 Å². The number of rotatable bonds is 8. The summed E-state index contributed by atoms with van der Waals surface area (Å²) in [5.41, 5.74) is 0.905. The number of nitro benzene ring substituents is 1. The number of nitrogens with one attached hydrogen (secondary N) is 3. The van der Waals surface area contributed by atoms with Crippen molar-refractivity contribution in [3.05, 3.63) is 57.7 Å². The van der Waals surface area contributed by atoms with Crippen LogP contribution in [0.4, 0.5) is 17.2 Å². The number of guanidine groups is 1. The van der Waals surface area contributed by atoms with Gasteiger partial charge in [0.15, 0.2) is 5.96 Å². The summed E-state index contributed by atoms with van der Waals surface area (Å²) in [6, 6.07) is 10.3. The van der Waals surface area contributed by atoms with Crippen molar-refractivity contribution in [3.8, 4) is 0 Å². The van der Waals surface area contributed by atoms with E-state index in [0.717, 1.165) is 43.5 Å². The molecule has 2 aromatic rings. The van der Waals surface area contributed by atoms with Gasteiger partial charge >= 0.3 is 0 Å². The van der Waals surface area contributed by atoms with Crippen molar-refractivity contribution >= 4 is 34.8 Å². The molecule has 1 atom stereocenters. The van der Waals surface area contributed by atoms with Gasteiger partial charge in [-0.2, -0.15) is 0 Å². The van der Waals surface area contributed by atoms with Gasteiger partial charge in [-0.25, -0.2) is 4.98 Å². The Kier molecular flexibility index (Phi) is 7.67. The molecular weight excluding hydrogens is 406 g/mol. The summed E-state index contributed by atoms with van der Waals surface area (Å²) in [6.45, 7) is 5.67. The molecule has 3 rings (SSSR count). The fourth-order valence-electron chi connectivity index (χ4n) is 3.26. The molecule has 1 aliphatic heterocycles. The molecule has 0 spiro atoms. The molecule has 0 radical (unpaired) electrons. The molecule has 1 fully saturated rings. The fraction of sp³-hybridized carbons (Fsp3) is 0.400. The highest BCUT2D eigenvalue weighted by Gasteiger charge is 2.25. The molecule has 9 nitrogen and oxygen atoms in total. The van der Waals surface area contributed by atoms with E-state index in [1.54, 1.807) is 18.3 Å². The lowest BCUT2D eigenvalue weighted by atomic mass is 10.3. The summed E-state index contributed by atoms with van der Waals surface area (Å²) >= 11 is 6.27. The molecule has 0 bridgehead atoms. The maximum atomic E-state index is 10.7. The van der Waals surface area contributed by atoms with E-state index in [2.05, 4.69) is 30.8 Å². The summed E-state index contributed by atoms with van der Waals surface area (Å²) in [5, 5.41) is 21.3. The monoisotopic (exact) mass is 431 g/mol. The van der Waals surface area contributed by atoms with Crippen molar-refractivity contribution in [1.29, 1.82) is 0 Å². The minimum absolute atomic E-state index is 0.0785. The SMILES string of the molecule is CCNC(=NCCNc1ccc([N+](=O)[O-])cc1)NC1CCN(c2ncccc2Cl)C1. The molecule has 30 heavy (non-hydrogen) atoms. The minimum Gasteiger partial charge on any atom is -0.383 e. The normalized spacial score (nSPS) is 16.4. The topological polar surface area (TPSA) is 108 Å². The van der Waals surface area contributed by atoms with Crippen molar-refractivity contribution in [2.75, 3.05) is 42.9 Å². The summed E-state index contributed by atoms with van der Waals surface area (Å²) in [6.07, 6.45) is 2.73. The molecule has 1 aromatic heterocycles. The van der Waals surface area contributed by atoms with Crippen LogP contribution in [0, 0.1) is 10.1 Å². The number of nitrogens with zero attached hydrogens (tertiary/aromatic N) is 4. The van der Waals surface area contributed by atoms with Crippen LogP contribution in [0.2, 0.25) is 5.02 Å². The first-order valence-electron chi connectivity index (χ1n) is 9.95. The molecule has 0 saturated carbocycles. The van der Waals surface area contributed by atoms with E-state index in [0.29, 0.717) is 18.1 Å². The van der Waals surface area contributed by atoms with Crippen molar-refractivity contribution in [2.24, 2.45) is 4.99 Å². The van der Waals surface area contributed by atoms with Crippen LogP contribution < -0.4 is 20.9 Å². The number of nitro groups is 1. The van der Waals surface area contributed by atoms with Crippen LogP contribution in [0.5, 0.6) is 0 Å². The average Bonchev–Trinajstić information content (AvgIpc) is 3.20. The average molecular weight is 432 g/mol. The van der Waals surface area contributed by atoms with Gasteiger partial charge < -0.3 is 20.9 Å². The molecule has 1 saturated heterocycles. The summed E-state index contributed by atoms with van der Waals surface area (Å²) in [5.74, 6) is 1.58. The van der Waals surface area contributed by atoms with Crippen molar-refractivity contribution in [3.63, 3.8) is 0 Å². The molecule has 10 heteroatoms. The summed E-state index contributed by atoms with van der Waals surface area (Å²) < 4.78 is 0. The number of pyridine rings is 1. The summed E-state index contributed by atoms with van der Waals surface area (Å²) in [4.78, 5) is 21.5. The third kappa shape index (κ3) is 5.96. The third-order valence-electron chi connectivity index (χ3n) is 4.70. The smallest absolute Gasteiger partial charge is 0.269 e. The Morgan fingerprint density at radius 3 is 2.87 bits per heavy atom. The van der Waals surface area contributed by atoms with Gasteiger partial charge in [0.1, 0.15) is 5.82 Å².